The maximum Gasteiger partial charge on any atom is 0.134 e. The Balaban J connectivity index is 1.88. The molecule has 0 spiro atoms. The topological polar surface area (TPSA) is 25.2 Å². The molecule has 0 amide bonds. The highest BCUT2D eigenvalue weighted by Crippen LogP contribution is 2.28. The molecule has 20 heavy (non-hydrogen) atoms. The third-order valence-corrected chi connectivity index (χ3v) is 3.94. The van der Waals surface area contributed by atoms with Crippen LogP contribution in [0.5, 0.6) is 0 Å². The second-order valence-corrected chi connectivity index (χ2v) is 5.47. The van der Waals surface area contributed by atoms with Crippen molar-refractivity contribution in [2.75, 3.05) is 5.32 Å². The predicted octanol–water partition coefficient (Wildman–Crippen LogP) is 5.25. The van der Waals surface area contributed by atoms with Crippen LogP contribution in [0.25, 0.3) is 11.0 Å². The number of halogens is 2. The highest BCUT2D eigenvalue weighted by atomic mass is 79.9. The predicted molar refractivity (Wildman–Crippen MR) is 82.4 cm³/mol. The van der Waals surface area contributed by atoms with Gasteiger partial charge in [-0.05, 0) is 47.1 Å². The second kappa shape index (κ2) is 5.29. The number of furan rings is 1. The van der Waals surface area contributed by atoms with E-state index >= 15 is 0 Å². The van der Waals surface area contributed by atoms with Crippen molar-refractivity contribution in [1.29, 1.82) is 0 Å². The molecule has 0 aliphatic rings. The minimum absolute atomic E-state index is 0.257. The fraction of sp³-hybridized carbons (Fsp3) is 0.125. The summed E-state index contributed by atoms with van der Waals surface area (Å²) in [6.07, 6.45) is 0. The standard InChI is InChI=1S/C16H13BrFNO/c1-10-13(12-4-2-3-5-16(12)20-10)9-19-15-7-6-11(18)8-14(15)17/h2-8,19H,9H2,1H3. The van der Waals surface area contributed by atoms with Crippen LogP contribution in [0.3, 0.4) is 0 Å². The summed E-state index contributed by atoms with van der Waals surface area (Å²) in [5, 5.41) is 4.41. The molecule has 1 aromatic heterocycles. The van der Waals surface area contributed by atoms with Crippen LogP contribution in [0, 0.1) is 12.7 Å². The molecule has 3 aromatic rings. The Morgan fingerprint density at radius 3 is 2.80 bits per heavy atom. The first-order valence-electron chi connectivity index (χ1n) is 6.31. The first-order valence-corrected chi connectivity index (χ1v) is 7.10. The molecule has 0 unspecified atom stereocenters. The molecular weight excluding hydrogens is 321 g/mol. The zero-order valence-electron chi connectivity index (χ0n) is 10.9. The Morgan fingerprint density at radius 2 is 2.00 bits per heavy atom. The van der Waals surface area contributed by atoms with Crippen molar-refractivity contribution in [3.8, 4) is 0 Å². The van der Waals surface area contributed by atoms with Crippen molar-refractivity contribution >= 4 is 32.6 Å². The number of hydrogen-bond acceptors (Lipinski definition) is 2. The molecule has 0 atom stereocenters. The molecule has 0 aliphatic carbocycles. The van der Waals surface area contributed by atoms with E-state index in [1.807, 2.05) is 31.2 Å². The number of hydrogen-bond donors (Lipinski definition) is 1. The van der Waals surface area contributed by atoms with E-state index in [-0.39, 0.29) is 5.82 Å². The van der Waals surface area contributed by atoms with E-state index in [4.69, 9.17) is 4.42 Å². The van der Waals surface area contributed by atoms with Crippen LogP contribution in [0.2, 0.25) is 0 Å². The highest BCUT2D eigenvalue weighted by Gasteiger charge is 2.10. The average Bonchev–Trinajstić information content (AvgIpc) is 2.74. The molecule has 2 nitrogen and oxygen atoms in total. The van der Waals surface area contributed by atoms with Gasteiger partial charge < -0.3 is 9.73 Å². The summed E-state index contributed by atoms with van der Waals surface area (Å²) in [4.78, 5) is 0. The molecule has 3 rings (SSSR count). The lowest BCUT2D eigenvalue weighted by Crippen LogP contribution is -2.01. The molecule has 0 bridgehead atoms. The summed E-state index contributed by atoms with van der Waals surface area (Å²) < 4.78 is 19.5. The van der Waals surface area contributed by atoms with Crippen molar-refractivity contribution in [2.24, 2.45) is 0 Å². The third kappa shape index (κ3) is 2.43. The average molecular weight is 334 g/mol. The number of rotatable bonds is 3. The number of aryl methyl sites for hydroxylation is 1. The molecular formula is C16H13BrFNO. The number of benzene rings is 2. The molecule has 1 heterocycles. The van der Waals surface area contributed by atoms with Gasteiger partial charge in [-0.15, -0.1) is 0 Å². The monoisotopic (exact) mass is 333 g/mol. The summed E-state index contributed by atoms with van der Waals surface area (Å²) >= 11 is 3.35. The fourth-order valence-corrected chi connectivity index (χ4v) is 2.75. The first kappa shape index (κ1) is 13.2. The summed E-state index contributed by atoms with van der Waals surface area (Å²) in [5.74, 6) is 0.643. The number of fused-ring (bicyclic) bond motifs is 1. The van der Waals surface area contributed by atoms with E-state index in [2.05, 4.69) is 21.2 Å². The van der Waals surface area contributed by atoms with Crippen LogP contribution >= 0.6 is 15.9 Å². The largest absolute Gasteiger partial charge is 0.461 e. The van der Waals surface area contributed by atoms with Gasteiger partial charge in [-0.1, -0.05) is 18.2 Å². The zero-order chi connectivity index (χ0) is 14.1. The van der Waals surface area contributed by atoms with Gasteiger partial charge >= 0.3 is 0 Å². The van der Waals surface area contributed by atoms with E-state index in [0.29, 0.717) is 11.0 Å². The maximum atomic E-state index is 13.1. The van der Waals surface area contributed by atoms with Crippen molar-refractivity contribution in [3.63, 3.8) is 0 Å². The lowest BCUT2D eigenvalue weighted by molar-refractivity contribution is 0.573. The van der Waals surface area contributed by atoms with Gasteiger partial charge in [0.25, 0.3) is 0 Å². The second-order valence-electron chi connectivity index (χ2n) is 4.61. The molecule has 0 aliphatic heterocycles. The number of anilines is 1. The quantitative estimate of drug-likeness (QED) is 0.707. The summed E-state index contributed by atoms with van der Waals surface area (Å²) in [7, 11) is 0. The van der Waals surface area contributed by atoms with E-state index in [1.165, 1.54) is 12.1 Å². The normalized spacial score (nSPS) is 10.9. The Kier molecular flexibility index (Phi) is 3.49. The minimum Gasteiger partial charge on any atom is -0.461 e. The van der Waals surface area contributed by atoms with Crippen LogP contribution in [-0.4, -0.2) is 0 Å². The van der Waals surface area contributed by atoms with Crippen LogP contribution < -0.4 is 5.32 Å². The van der Waals surface area contributed by atoms with E-state index in [1.54, 1.807) is 6.07 Å². The Hall–Kier alpha value is -1.81. The van der Waals surface area contributed by atoms with Gasteiger partial charge in [0.2, 0.25) is 0 Å². The van der Waals surface area contributed by atoms with E-state index in [9.17, 15) is 4.39 Å². The Labute approximate surface area is 124 Å². The van der Waals surface area contributed by atoms with Crippen molar-refractivity contribution in [3.05, 3.63) is 64.1 Å². The smallest absolute Gasteiger partial charge is 0.134 e. The molecule has 102 valence electrons. The van der Waals surface area contributed by atoms with Gasteiger partial charge in [0.15, 0.2) is 0 Å². The molecule has 2 aromatic carbocycles. The summed E-state index contributed by atoms with van der Waals surface area (Å²) in [6.45, 7) is 2.59. The highest BCUT2D eigenvalue weighted by molar-refractivity contribution is 9.10. The lowest BCUT2D eigenvalue weighted by Gasteiger charge is -2.08. The first-order chi connectivity index (χ1) is 9.65. The maximum absolute atomic E-state index is 13.1. The molecule has 0 radical (unpaired) electrons. The molecule has 0 fully saturated rings. The van der Waals surface area contributed by atoms with Crippen molar-refractivity contribution < 1.29 is 8.81 Å². The van der Waals surface area contributed by atoms with Crippen LogP contribution in [0.15, 0.2) is 51.4 Å². The lowest BCUT2D eigenvalue weighted by atomic mass is 10.1. The summed E-state index contributed by atoms with van der Waals surface area (Å²) in [5.41, 5.74) is 2.87. The van der Waals surface area contributed by atoms with Crippen LogP contribution in [0.1, 0.15) is 11.3 Å². The van der Waals surface area contributed by atoms with Crippen molar-refractivity contribution in [2.45, 2.75) is 13.5 Å². The molecule has 0 saturated carbocycles. The van der Waals surface area contributed by atoms with Crippen LogP contribution in [-0.2, 0) is 6.54 Å². The van der Waals surface area contributed by atoms with Gasteiger partial charge in [0.05, 0.1) is 0 Å². The minimum atomic E-state index is -0.257. The zero-order valence-corrected chi connectivity index (χ0v) is 12.5. The van der Waals surface area contributed by atoms with Gasteiger partial charge in [0, 0.05) is 27.7 Å². The number of nitrogens with one attached hydrogen (secondary N) is 1. The SMILES string of the molecule is Cc1oc2ccccc2c1CNc1ccc(F)cc1Br. The van der Waals surface area contributed by atoms with Gasteiger partial charge in [0.1, 0.15) is 17.2 Å². The van der Waals surface area contributed by atoms with Gasteiger partial charge in [-0.2, -0.15) is 0 Å². The molecule has 0 saturated heterocycles. The van der Waals surface area contributed by atoms with Crippen LogP contribution in [0.4, 0.5) is 10.1 Å². The van der Waals surface area contributed by atoms with E-state index in [0.717, 1.165) is 28.0 Å². The Bertz CT molecular complexity index is 766. The van der Waals surface area contributed by atoms with Gasteiger partial charge in [-0.3, -0.25) is 0 Å². The Morgan fingerprint density at radius 1 is 1.20 bits per heavy atom. The fourth-order valence-electron chi connectivity index (χ4n) is 2.26. The third-order valence-electron chi connectivity index (χ3n) is 3.29. The van der Waals surface area contributed by atoms with Crippen molar-refractivity contribution in [1.82, 2.24) is 0 Å². The molecule has 1 N–H and O–H groups in total. The molecule has 4 heteroatoms. The van der Waals surface area contributed by atoms with E-state index < -0.39 is 0 Å². The number of para-hydroxylation sites is 1. The summed E-state index contributed by atoms with van der Waals surface area (Å²) in [6, 6.07) is 12.6. The van der Waals surface area contributed by atoms with Gasteiger partial charge in [-0.25, -0.2) is 4.39 Å².